The van der Waals surface area contributed by atoms with E-state index in [1.807, 2.05) is 23.9 Å². The molecule has 8 heteroatoms. The number of carbonyl (C=O) groups excluding carboxylic acids is 2. The molecule has 0 saturated carbocycles. The minimum absolute atomic E-state index is 0.0587. The second-order valence-electron chi connectivity index (χ2n) is 8.21. The summed E-state index contributed by atoms with van der Waals surface area (Å²) in [5, 5.41) is 4.72. The zero-order valence-electron chi connectivity index (χ0n) is 16.4. The number of rotatable bonds is 6. The van der Waals surface area contributed by atoms with Crippen LogP contribution in [0, 0.1) is 5.41 Å². The third kappa shape index (κ3) is 5.23. The highest BCUT2D eigenvalue weighted by molar-refractivity contribution is 6.30. The zero-order chi connectivity index (χ0) is 19.4. The van der Waals surface area contributed by atoms with Gasteiger partial charge in [-0.1, -0.05) is 11.6 Å². The van der Waals surface area contributed by atoms with Gasteiger partial charge in [-0.05, 0) is 33.4 Å². The quantitative estimate of drug-likeness (QED) is 0.735. The van der Waals surface area contributed by atoms with Crippen LogP contribution in [0.2, 0.25) is 5.02 Å². The minimum Gasteiger partial charge on any atom is -0.342 e. The molecule has 1 aromatic rings. The lowest BCUT2D eigenvalue weighted by Crippen LogP contribution is -2.55. The number of likely N-dealkylation sites (N-methyl/N-ethyl adjacent to an activating group) is 1. The topological polar surface area (TPSA) is 61.7 Å². The Kier molecular flexibility index (Phi) is 6.42. The fraction of sp³-hybridized carbons (Fsp3) is 0.737. The molecule has 0 aliphatic carbocycles. The Hall–Kier alpha value is -1.60. The van der Waals surface area contributed by atoms with E-state index < -0.39 is 0 Å². The average molecular weight is 396 g/mol. The number of aromatic nitrogens is 2. The molecule has 0 radical (unpaired) electrons. The van der Waals surface area contributed by atoms with Crippen LogP contribution in [-0.4, -0.2) is 83.1 Å². The van der Waals surface area contributed by atoms with Gasteiger partial charge in [0.2, 0.25) is 11.8 Å². The lowest BCUT2D eigenvalue weighted by molar-refractivity contribution is -0.143. The Morgan fingerprint density at radius 2 is 2.11 bits per heavy atom. The Morgan fingerprint density at radius 1 is 1.30 bits per heavy atom. The Balaban J connectivity index is 1.57. The summed E-state index contributed by atoms with van der Waals surface area (Å²) in [6, 6.07) is 0. The van der Waals surface area contributed by atoms with Crippen LogP contribution in [0.1, 0.15) is 32.1 Å². The summed E-state index contributed by atoms with van der Waals surface area (Å²) in [5.41, 5.74) is 0.0587. The van der Waals surface area contributed by atoms with E-state index in [1.54, 1.807) is 17.1 Å². The van der Waals surface area contributed by atoms with Crippen LogP contribution in [0.4, 0.5) is 0 Å². The third-order valence-electron chi connectivity index (χ3n) is 5.74. The van der Waals surface area contributed by atoms with Gasteiger partial charge in [-0.3, -0.25) is 14.3 Å². The standard InChI is InChI=1S/C19H30ClN5O2/c1-22(2)10-11-24-15-19(7-4-17(24)26)6-3-8-23(14-19)18(27)5-9-25-13-16(20)12-21-25/h12-13H,3-11,14-15H2,1-2H3/t19-/m1/s1. The van der Waals surface area contributed by atoms with Crippen molar-refractivity contribution < 1.29 is 9.59 Å². The van der Waals surface area contributed by atoms with Crippen LogP contribution in [0.15, 0.2) is 12.4 Å². The molecule has 3 heterocycles. The van der Waals surface area contributed by atoms with Crippen LogP contribution < -0.4 is 0 Å². The number of hydrogen-bond acceptors (Lipinski definition) is 4. The van der Waals surface area contributed by atoms with Gasteiger partial charge < -0.3 is 14.7 Å². The first-order chi connectivity index (χ1) is 12.9. The van der Waals surface area contributed by atoms with Gasteiger partial charge in [0, 0.05) is 63.7 Å². The zero-order valence-corrected chi connectivity index (χ0v) is 17.1. The first-order valence-corrected chi connectivity index (χ1v) is 10.1. The van der Waals surface area contributed by atoms with E-state index >= 15 is 0 Å². The van der Waals surface area contributed by atoms with E-state index in [4.69, 9.17) is 11.6 Å². The Bertz CT molecular complexity index is 677. The Morgan fingerprint density at radius 3 is 2.81 bits per heavy atom. The fourth-order valence-electron chi connectivity index (χ4n) is 4.21. The lowest BCUT2D eigenvalue weighted by Gasteiger charge is -2.48. The maximum absolute atomic E-state index is 12.7. The van der Waals surface area contributed by atoms with Gasteiger partial charge in [-0.2, -0.15) is 5.10 Å². The summed E-state index contributed by atoms with van der Waals surface area (Å²) < 4.78 is 1.71. The second kappa shape index (κ2) is 8.61. The van der Waals surface area contributed by atoms with Gasteiger partial charge in [-0.15, -0.1) is 0 Å². The third-order valence-corrected chi connectivity index (χ3v) is 5.93. The highest BCUT2D eigenvalue weighted by atomic mass is 35.5. The molecule has 7 nitrogen and oxygen atoms in total. The summed E-state index contributed by atoms with van der Waals surface area (Å²) in [6.07, 6.45) is 7.35. The number of aryl methyl sites for hydroxylation is 1. The maximum Gasteiger partial charge on any atom is 0.224 e. The predicted octanol–water partition coefficient (Wildman–Crippen LogP) is 1.72. The van der Waals surface area contributed by atoms with Gasteiger partial charge in [0.05, 0.1) is 11.2 Å². The summed E-state index contributed by atoms with van der Waals surface area (Å²) in [5.74, 6) is 0.416. The summed E-state index contributed by atoms with van der Waals surface area (Å²) >= 11 is 5.88. The molecule has 0 N–H and O–H groups in total. The molecule has 0 bridgehead atoms. The number of amides is 2. The molecule has 1 aromatic heterocycles. The van der Waals surface area contributed by atoms with E-state index in [0.29, 0.717) is 24.4 Å². The molecule has 2 amide bonds. The average Bonchev–Trinajstić information content (AvgIpc) is 3.06. The molecular formula is C19H30ClN5O2. The predicted molar refractivity (Wildman–Crippen MR) is 104 cm³/mol. The highest BCUT2D eigenvalue weighted by Crippen LogP contribution is 2.39. The minimum atomic E-state index is 0.0587. The molecule has 0 aromatic carbocycles. The van der Waals surface area contributed by atoms with E-state index in [2.05, 4.69) is 10.00 Å². The Labute approximate surface area is 166 Å². The number of halogens is 1. The molecule has 2 saturated heterocycles. The monoisotopic (exact) mass is 395 g/mol. The van der Waals surface area contributed by atoms with Crippen molar-refractivity contribution in [3.8, 4) is 0 Å². The molecule has 3 rings (SSSR count). The van der Waals surface area contributed by atoms with Crippen LogP contribution in [0.25, 0.3) is 0 Å². The lowest BCUT2D eigenvalue weighted by atomic mass is 9.73. The van der Waals surface area contributed by atoms with Crippen molar-refractivity contribution in [1.29, 1.82) is 0 Å². The van der Waals surface area contributed by atoms with Crippen LogP contribution in [0.5, 0.6) is 0 Å². The fourth-order valence-corrected chi connectivity index (χ4v) is 4.37. The van der Waals surface area contributed by atoms with Crippen molar-refractivity contribution in [1.82, 2.24) is 24.5 Å². The van der Waals surface area contributed by atoms with Crippen molar-refractivity contribution in [2.75, 3.05) is 46.8 Å². The molecule has 150 valence electrons. The normalized spacial score (nSPS) is 23.5. The molecule has 2 aliphatic heterocycles. The molecule has 1 spiro atoms. The maximum atomic E-state index is 12.7. The smallest absolute Gasteiger partial charge is 0.224 e. The molecule has 1 atom stereocenters. The van der Waals surface area contributed by atoms with Crippen molar-refractivity contribution in [3.05, 3.63) is 17.4 Å². The van der Waals surface area contributed by atoms with E-state index in [1.165, 1.54) is 0 Å². The van der Waals surface area contributed by atoms with E-state index in [-0.39, 0.29) is 17.2 Å². The van der Waals surface area contributed by atoms with Crippen LogP contribution in [0.3, 0.4) is 0 Å². The van der Waals surface area contributed by atoms with Crippen molar-refractivity contribution in [2.24, 2.45) is 5.41 Å². The van der Waals surface area contributed by atoms with E-state index in [0.717, 1.165) is 52.0 Å². The number of hydrogen-bond donors (Lipinski definition) is 0. The first kappa shape index (κ1) is 20.1. The molecular weight excluding hydrogens is 366 g/mol. The van der Waals surface area contributed by atoms with Gasteiger partial charge in [0.1, 0.15) is 0 Å². The number of carbonyl (C=O) groups is 2. The molecule has 0 unspecified atom stereocenters. The van der Waals surface area contributed by atoms with Gasteiger partial charge in [0.15, 0.2) is 0 Å². The van der Waals surface area contributed by atoms with Crippen molar-refractivity contribution in [2.45, 2.75) is 38.6 Å². The summed E-state index contributed by atoms with van der Waals surface area (Å²) in [4.78, 5) is 31.1. The van der Waals surface area contributed by atoms with Gasteiger partial charge in [0.25, 0.3) is 0 Å². The van der Waals surface area contributed by atoms with Crippen molar-refractivity contribution >= 4 is 23.4 Å². The molecule has 2 aliphatic rings. The molecule has 2 fully saturated rings. The van der Waals surface area contributed by atoms with Crippen molar-refractivity contribution in [3.63, 3.8) is 0 Å². The molecule has 27 heavy (non-hydrogen) atoms. The summed E-state index contributed by atoms with van der Waals surface area (Å²) in [7, 11) is 4.05. The number of likely N-dealkylation sites (tertiary alicyclic amines) is 2. The number of nitrogens with zero attached hydrogens (tertiary/aromatic N) is 5. The SMILES string of the molecule is CN(C)CCN1C[C@]2(CCCN(C(=O)CCn3cc(Cl)cn3)C2)CCC1=O. The van der Waals surface area contributed by atoms with Gasteiger partial charge in [-0.25, -0.2) is 0 Å². The van der Waals surface area contributed by atoms with Crippen LogP contribution in [-0.2, 0) is 16.1 Å². The first-order valence-electron chi connectivity index (χ1n) is 9.75. The largest absolute Gasteiger partial charge is 0.342 e. The summed E-state index contributed by atoms with van der Waals surface area (Å²) in [6.45, 7) is 4.53. The van der Waals surface area contributed by atoms with E-state index in [9.17, 15) is 9.59 Å². The van der Waals surface area contributed by atoms with Gasteiger partial charge >= 0.3 is 0 Å². The highest BCUT2D eigenvalue weighted by Gasteiger charge is 2.42. The second-order valence-corrected chi connectivity index (χ2v) is 8.65. The van der Waals surface area contributed by atoms with Crippen LogP contribution >= 0.6 is 11.6 Å². The number of piperidine rings is 2.